The van der Waals surface area contributed by atoms with Crippen LogP contribution in [0.3, 0.4) is 0 Å². The van der Waals surface area contributed by atoms with E-state index < -0.39 is 18.0 Å². The number of alkyl halides is 3. The number of nitrogens with zero attached hydrogens (tertiary/aromatic N) is 4. The van der Waals surface area contributed by atoms with Crippen LogP contribution in [-0.4, -0.2) is 26.0 Å². The van der Waals surface area contributed by atoms with Gasteiger partial charge in [0.05, 0.1) is 18.1 Å². The first-order chi connectivity index (χ1) is 9.45. The zero-order chi connectivity index (χ0) is 14.6. The Morgan fingerprint density at radius 1 is 1.30 bits per heavy atom. The lowest BCUT2D eigenvalue weighted by Crippen LogP contribution is -2.13. The second-order valence-electron chi connectivity index (χ2n) is 3.69. The fraction of sp³-hybridized carbons (Fsp3) is 0.300. The molecule has 0 atom stereocenters. The van der Waals surface area contributed by atoms with Crippen molar-refractivity contribution in [3.8, 4) is 0 Å². The van der Waals surface area contributed by atoms with Gasteiger partial charge in [0, 0.05) is 12.8 Å². The molecule has 0 aliphatic rings. The Kier molecular flexibility index (Phi) is 3.91. The first kappa shape index (κ1) is 13.9. The highest BCUT2D eigenvalue weighted by molar-refractivity contribution is 5.90. The first-order valence-corrected chi connectivity index (χ1v) is 5.40. The summed E-state index contributed by atoms with van der Waals surface area (Å²) in [6.07, 6.45) is -0.768. The number of halogens is 3. The van der Waals surface area contributed by atoms with Gasteiger partial charge in [0.2, 0.25) is 5.91 Å². The summed E-state index contributed by atoms with van der Waals surface area (Å²) in [4.78, 5) is 22.1. The summed E-state index contributed by atoms with van der Waals surface area (Å²) in [5.74, 6) is -2.03. The highest BCUT2D eigenvalue weighted by atomic mass is 19.4. The van der Waals surface area contributed by atoms with Crippen LogP contribution < -0.4 is 5.32 Å². The molecule has 0 saturated heterocycles. The van der Waals surface area contributed by atoms with Crippen molar-refractivity contribution in [2.24, 2.45) is 0 Å². The molecule has 0 unspecified atom stereocenters. The third-order valence-electron chi connectivity index (χ3n) is 2.13. The number of rotatable bonds is 4. The van der Waals surface area contributed by atoms with Crippen LogP contribution in [0, 0.1) is 0 Å². The normalized spacial score (nSPS) is 11.3. The monoisotopic (exact) mass is 287 g/mol. The number of aromatic nitrogens is 4. The van der Waals surface area contributed by atoms with Gasteiger partial charge >= 0.3 is 12.1 Å². The average molecular weight is 287 g/mol. The van der Waals surface area contributed by atoms with Gasteiger partial charge in [-0.2, -0.15) is 18.2 Å². The molecule has 0 aliphatic heterocycles. The van der Waals surface area contributed by atoms with Crippen LogP contribution in [0.4, 0.5) is 18.9 Å². The molecule has 0 aliphatic carbocycles. The van der Waals surface area contributed by atoms with Crippen molar-refractivity contribution < 1.29 is 22.5 Å². The zero-order valence-electron chi connectivity index (χ0n) is 9.89. The fourth-order valence-electron chi connectivity index (χ4n) is 1.28. The van der Waals surface area contributed by atoms with Crippen molar-refractivity contribution in [3.63, 3.8) is 0 Å². The smallest absolute Gasteiger partial charge is 0.329 e. The summed E-state index contributed by atoms with van der Waals surface area (Å²) in [5, 5.41) is 5.63. The maximum absolute atomic E-state index is 12.2. The van der Waals surface area contributed by atoms with E-state index in [1.807, 2.05) is 0 Å². The van der Waals surface area contributed by atoms with E-state index in [9.17, 15) is 18.0 Å². The van der Waals surface area contributed by atoms with Crippen molar-refractivity contribution >= 4 is 11.6 Å². The Hall–Kier alpha value is -2.52. The third kappa shape index (κ3) is 3.73. The second-order valence-corrected chi connectivity index (χ2v) is 3.69. The summed E-state index contributed by atoms with van der Waals surface area (Å²) in [5.41, 5.74) is 0.390. The summed E-state index contributed by atoms with van der Waals surface area (Å²) < 4.78 is 40.6. The standard InChI is InChI=1S/C10H8F3N5O2/c11-10(12,13)9-17-7(18-20-9)1-2-8(19)16-6-3-14-5-15-4-6/h3-5H,1-2H2,(H,16,19). The molecule has 2 aromatic rings. The largest absolute Gasteiger partial charge is 0.471 e. The van der Waals surface area contributed by atoms with Crippen LogP contribution in [0.15, 0.2) is 23.2 Å². The van der Waals surface area contributed by atoms with Gasteiger partial charge in [-0.3, -0.25) is 4.79 Å². The highest BCUT2D eigenvalue weighted by Crippen LogP contribution is 2.27. The van der Waals surface area contributed by atoms with Crippen molar-refractivity contribution in [2.75, 3.05) is 5.32 Å². The Morgan fingerprint density at radius 2 is 2.00 bits per heavy atom. The van der Waals surface area contributed by atoms with Gasteiger partial charge in [0.15, 0.2) is 5.82 Å². The molecule has 2 aromatic heterocycles. The highest BCUT2D eigenvalue weighted by Gasteiger charge is 2.38. The lowest BCUT2D eigenvalue weighted by molar-refractivity contribution is -0.159. The molecule has 0 bridgehead atoms. The number of anilines is 1. The predicted molar refractivity (Wildman–Crippen MR) is 58.3 cm³/mol. The molecular formula is C10H8F3N5O2. The van der Waals surface area contributed by atoms with Gasteiger partial charge in [0.25, 0.3) is 0 Å². The van der Waals surface area contributed by atoms with Crippen LogP contribution >= 0.6 is 0 Å². The maximum Gasteiger partial charge on any atom is 0.471 e. The molecule has 0 saturated carbocycles. The molecule has 7 nitrogen and oxygen atoms in total. The van der Waals surface area contributed by atoms with E-state index in [1.54, 1.807) is 0 Å². The van der Waals surface area contributed by atoms with Gasteiger partial charge in [-0.05, 0) is 0 Å². The molecule has 20 heavy (non-hydrogen) atoms. The van der Waals surface area contributed by atoms with Crippen LogP contribution in [0.25, 0.3) is 0 Å². The van der Waals surface area contributed by atoms with E-state index in [2.05, 4.69) is 29.9 Å². The summed E-state index contributed by atoms with van der Waals surface area (Å²) in [6, 6.07) is 0. The van der Waals surface area contributed by atoms with Crippen LogP contribution in [0.1, 0.15) is 18.1 Å². The number of carbonyl (C=O) groups excluding carboxylic acids is 1. The topological polar surface area (TPSA) is 93.8 Å². The lowest BCUT2D eigenvalue weighted by Gasteiger charge is -2.01. The van der Waals surface area contributed by atoms with Crippen molar-refractivity contribution in [3.05, 3.63) is 30.4 Å². The second kappa shape index (κ2) is 5.63. The third-order valence-corrected chi connectivity index (χ3v) is 2.13. The number of amides is 1. The Bertz CT molecular complexity index is 584. The van der Waals surface area contributed by atoms with E-state index in [0.29, 0.717) is 5.69 Å². The Labute approximate surface area is 110 Å². The van der Waals surface area contributed by atoms with Gasteiger partial charge in [-0.1, -0.05) is 5.16 Å². The molecule has 0 spiro atoms. The van der Waals surface area contributed by atoms with Crippen LogP contribution in [0.5, 0.6) is 0 Å². The lowest BCUT2D eigenvalue weighted by atomic mass is 10.3. The maximum atomic E-state index is 12.2. The number of carbonyl (C=O) groups is 1. The van der Waals surface area contributed by atoms with Crippen LogP contribution in [-0.2, 0) is 17.4 Å². The minimum atomic E-state index is -4.69. The van der Waals surface area contributed by atoms with E-state index in [4.69, 9.17) is 0 Å². The number of hydrogen-bond donors (Lipinski definition) is 1. The predicted octanol–water partition coefficient (Wildman–Crippen LogP) is 1.45. The van der Waals surface area contributed by atoms with E-state index in [0.717, 1.165) is 0 Å². The van der Waals surface area contributed by atoms with Gasteiger partial charge < -0.3 is 9.84 Å². The number of aryl methyl sites for hydroxylation is 1. The fourth-order valence-corrected chi connectivity index (χ4v) is 1.28. The summed E-state index contributed by atoms with van der Waals surface area (Å²) in [7, 11) is 0. The number of hydrogen-bond acceptors (Lipinski definition) is 6. The Morgan fingerprint density at radius 3 is 2.60 bits per heavy atom. The SMILES string of the molecule is O=C(CCc1noc(C(F)(F)F)n1)Nc1cncnc1. The molecule has 0 radical (unpaired) electrons. The first-order valence-electron chi connectivity index (χ1n) is 5.40. The summed E-state index contributed by atoms with van der Waals surface area (Å²) in [6.45, 7) is 0. The van der Waals surface area contributed by atoms with Crippen molar-refractivity contribution in [2.45, 2.75) is 19.0 Å². The Balaban J connectivity index is 1.86. The quantitative estimate of drug-likeness (QED) is 0.914. The molecule has 1 N–H and O–H groups in total. The molecule has 2 heterocycles. The molecule has 0 aromatic carbocycles. The minimum Gasteiger partial charge on any atom is -0.329 e. The van der Waals surface area contributed by atoms with E-state index in [1.165, 1.54) is 18.7 Å². The van der Waals surface area contributed by atoms with E-state index in [-0.39, 0.29) is 18.7 Å². The van der Waals surface area contributed by atoms with Crippen molar-refractivity contribution in [1.82, 2.24) is 20.1 Å². The van der Waals surface area contributed by atoms with Crippen molar-refractivity contribution in [1.29, 1.82) is 0 Å². The van der Waals surface area contributed by atoms with Gasteiger partial charge in [-0.25, -0.2) is 9.97 Å². The average Bonchev–Trinajstić information content (AvgIpc) is 2.86. The molecule has 0 fully saturated rings. The molecular weight excluding hydrogens is 279 g/mol. The molecule has 106 valence electrons. The molecule has 2 rings (SSSR count). The van der Waals surface area contributed by atoms with Gasteiger partial charge in [-0.15, -0.1) is 0 Å². The van der Waals surface area contributed by atoms with Gasteiger partial charge in [0.1, 0.15) is 6.33 Å². The number of nitrogens with one attached hydrogen (secondary N) is 1. The molecule has 1 amide bonds. The minimum absolute atomic E-state index is 0.0703. The zero-order valence-corrected chi connectivity index (χ0v) is 9.89. The molecule has 10 heteroatoms. The van der Waals surface area contributed by atoms with Crippen LogP contribution in [0.2, 0.25) is 0 Å². The van der Waals surface area contributed by atoms with E-state index >= 15 is 0 Å². The summed E-state index contributed by atoms with van der Waals surface area (Å²) >= 11 is 0.